The zero-order chi connectivity index (χ0) is 11.8. The molecule has 3 heteroatoms. The van der Waals surface area contributed by atoms with Crippen molar-refractivity contribution in [3.8, 4) is 0 Å². The van der Waals surface area contributed by atoms with Crippen LogP contribution in [0.3, 0.4) is 0 Å². The second-order valence-corrected chi connectivity index (χ2v) is 5.12. The Morgan fingerprint density at radius 3 is 2.65 bits per heavy atom. The van der Waals surface area contributed by atoms with E-state index in [-0.39, 0.29) is 18.1 Å². The average Bonchev–Trinajstić information content (AvgIpc) is 3.12. The number of amides is 1. The minimum absolute atomic E-state index is 0.148. The summed E-state index contributed by atoms with van der Waals surface area (Å²) in [5.74, 6) is 0.980. The average molecular weight is 230 g/mol. The van der Waals surface area contributed by atoms with Gasteiger partial charge in [0.15, 0.2) is 0 Å². The molecule has 2 unspecified atom stereocenters. The Morgan fingerprint density at radius 2 is 2.00 bits per heavy atom. The van der Waals surface area contributed by atoms with E-state index in [2.05, 4.69) is 12.2 Å². The van der Waals surface area contributed by atoms with Crippen LogP contribution >= 0.6 is 0 Å². The Morgan fingerprint density at radius 1 is 1.29 bits per heavy atom. The lowest BCUT2D eigenvalue weighted by Crippen LogP contribution is -2.36. The fourth-order valence-corrected chi connectivity index (χ4v) is 2.47. The van der Waals surface area contributed by atoms with E-state index < -0.39 is 0 Å². The normalized spacial score (nSPS) is 28.8. The van der Waals surface area contributed by atoms with Crippen molar-refractivity contribution < 1.29 is 4.79 Å². The van der Waals surface area contributed by atoms with Crippen molar-refractivity contribution in [3.05, 3.63) is 35.9 Å². The van der Waals surface area contributed by atoms with E-state index in [1.807, 2.05) is 35.2 Å². The first-order valence-electron chi connectivity index (χ1n) is 6.37. The van der Waals surface area contributed by atoms with Crippen molar-refractivity contribution in [2.45, 2.75) is 32.0 Å². The van der Waals surface area contributed by atoms with Gasteiger partial charge in [-0.3, -0.25) is 10.1 Å². The van der Waals surface area contributed by atoms with Gasteiger partial charge in [-0.15, -0.1) is 0 Å². The first-order valence-corrected chi connectivity index (χ1v) is 6.37. The molecule has 3 rings (SSSR count). The van der Waals surface area contributed by atoms with Crippen LogP contribution in [0.25, 0.3) is 0 Å². The van der Waals surface area contributed by atoms with Gasteiger partial charge in [0.1, 0.15) is 6.04 Å². The zero-order valence-electron chi connectivity index (χ0n) is 10.1. The third-order valence-electron chi connectivity index (χ3n) is 3.69. The summed E-state index contributed by atoms with van der Waals surface area (Å²) in [7, 11) is 0. The lowest BCUT2D eigenvalue weighted by atomic mass is 10.1. The number of hydrogen-bond acceptors (Lipinski definition) is 2. The molecule has 2 atom stereocenters. The molecule has 1 aliphatic carbocycles. The highest BCUT2D eigenvalue weighted by Gasteiger charge is 2.39. The van der Waals surface area contributed by atoms with E-state index in [0.29, 0.717) is 0 Å². The molecule has 1 amide bonds. The van der Waals surface area contributed by atoms with Gasteiger partial charge in [-0.05, 0) is 31.2 Å². The number of carbonyl (C=O) groups excluding carboxylic acids is 1. The highest BCUT2D eigenvalue weighted by atomic mass is 16.2. The minimum atomic E-state index is -0.148. The van der Waals surface area contributed by atoms with E-state index in [0.717, 1.165) is 18.0 Å². The molecule has 90 valence electrons. The monoisotopic (exact) mass is 230 g/mol. The predicted molar refractivity (Wildman–Crippen MR) is 66.2 cm³/mol. The molecule has 1 aromatic rings. The van der Waals surface area contributed by atoms with Crippen molar-refractivity contribution in [1.82, 2.24) is 10.2 Å². The molecule has 0 bridgehead atoms. The van der Waals surface area contributed by atoms with E-state index in [9.17, 15) is 4.79 Å². The number of rotatable bonds is 3. The van der Waals surface area contributed by atoms with Crippen LogP contribution in [0.4, 0.5) is 0 Å². The van der Waals surface area contributed by atoms with Crippen molar-refractivity contribution in [1.29, 1.82) is 0 Å². The molecule has 1 N–H and O–H groups in total. The molecule has 1 saturated carbocycles. The molecular formula is C14H18N2O. The molecule has 0 radical (unpaired) electrons. The van der Waals surface area contributed by atoms with Crippen LogP contribution in [0.15, 0.2) is 30.3 Å². The molecule has 0 spiro atoms. The summed E-state index contributed by atoms with van der Waals surface area (Å²) >= 11 is 0. The SMILES string of the molecule is CC1NC(c2ccccc2)C(=O)N1CC1CC1. The number of benzene rings is 1. The lowest BCUT2D eigenvalue weighted by Gasteiger charge is -2.20. The fraction of sp³-hybridized carbons (Fsp3) is 0.500. The largest absolute Gasteiger partial charge is 0.325 e. The van der Waals surface area contributed by atoms with E-state index in [4.69, 9.17) is 0 Å². The zero-order valence-corrected chi connectivity index (χ0v) is 10.1. The van der Waals surface area contributed by atoms with Crippen LogP contribution in [-0.2, 0) is 4.79 Å². The van der Waals surface area contributed by atoms with E-state index in [1.165, 1.54) is 12.8 Å². The summed E-state index contributed by atoms with van der Waals surface area (Å²) in [6.45, 7) is 3.00. The number of nitrogens with one attached hydrogen (secondary N) is 1. The summed E-state index contributed by atoms with van der Waals surface area (Å²) in [5, 5.41) is 3.38. The van der Waals surface area contributed by atoms with Crippen molar-refractivity contribution in [2.75, 3.05) is 6.54 Å². The molecule has 2 fully saturated rings. The molecule has 0 aromatic heterocycles. The first-order chi connectivity index (χ1) is 8.25. The molecule has 1 aromatic carbocycles. The Hall–Kier alpha value is -1.35. The van der Waals surface area contributed by atoms with Crippen LogP contribution < -0.4 is 5.32 Å². The summed E-state index contributed by atoms with van der Waals surface area (Å²) in [6.07, 6.45) is 2.73. The topological polar surface area (TPSA) is 32.3 Å². The van der Waals surface area contributed by atoms with Crippen molar-refractivity contribution in [3.63, 3.8) is 0 Å². The lowest BCUT2D eigenvalue weighted by molar-refractivity contribution is -0.130. The van der Waals surface area contributed by atoms with Gasteiger partial charge in [-0.1, -0.05) is 30.3 Å². The first kappa shape index (κ1) is 10.8. The fourth-order valence-electron chi connectivity index (χ4n) is 2.47. The second kappa shape index (κ2) is 4.15. The summed E-state index contributed by atoms with van der Waals surface area (Å²) in [5.41, 5.74) is 1.07. The van der Waals surface area contributed by atoms with Gasteiger partial charge in [-0.25, -0.2) is 0 Å². The van der Waals surface area contributed by atoms with Gasteiger partial charge in [-0.2, -0.15) is 0 Å². The molecule has 3 nitrogen and oxygen atoms in total. The third kappa shape index (κ3) is 2.07. The summed E-state index contributed by atoms with van der Waals surface area (Å²) in [6, 6.07) is 9.84. The van der Waals surface area contributed by atoms with E-state index in [1.54, 1.807) is 0 Å². The van der Waals surface area contributed by atoms with Crippen LogP contribution in [0, 0.1) is 5.92 Å². The Balaban J connectivity index is 1.77. The maximum absolute atomic E-state index is 12.3. The molecule has 1 heterocycles. The molecule has 1 aliphatic heterocycles. The van der Waals surface area contributed by atoms with Crippen LogP contribution in [-0.4, -0.2) is 23.5 Å². The van der Waals surface area contributed by atoms with Gasteiger partial charge in [0.2, 0.25) is 5.91 Å². The van der Waals surface area contributed by atoms with E-state index >= 15 is 0 Å². The Kier molecular flexibility index (Phi) is 2.63. The maximum atomic E-state index is 12.3. The molecule has 17 heavy (non-hydrogen) atoms. The van der Waals surface area contributed by atoms with Crippen molar-refractivity contribution in [2.24, 2.45) is 5.92 Å². The standard InChI is InChI=1S/C14H18N2O/c1-10-15-13(12-5-3-2-4-6-12)14(17)16(10)9-11-7-8-11/h2-6,10-11,13,15H,7-9H2,1H3. The Bertz CT molecular complexity index is 413. The maximum Gasteiger partial charge on any atom is 0.245 e. The third-order valence-corrected chi connectivity index (χ3v) is 3.69. The number of carbonyl (C=O) groups is 1. The molecular weight excluding hydrogens is 212 g/mol. The smallest absolute Gasteiger partial charge is 0.245 e. The van der Waals surface area contributed by atoms with Crippen LogP contribution in [0.2, 0.25) is 0 Å². The predicted octanol–water partition coefficient (Wildman–Crippen LogP) is 1.92. The Labute approximate surface area is 102 Å². The van der Waals surface area contributed by atoms with Crippen LogP contribution in [0.1, 0.15) is 31.4 Å². The molecule has 2 aliphatic rings. The number of nitrogens with zero attached hydrogens (tertiary/aromatic N) is 1. The van der Waals surface area contributed by atoms with Crippen molar-refractivity contribution >= 4 is 5.91 Å². The van der Waals surface area contributed by atoms with Gasteiger partial charge in [0.25, 0.3) is 0 Å². The van der Waals surface area contributed by atoms with Gasteiger partial charge in [0.05, 0.1) is 6.17 Å². The second-order valence-electron chi connectivity index (χ2n) is 5.12. The number of hydrogen-bond donors (Lipinski definition) is 1. The van der Waals surface area contributed by atoms with Gasteiger partial charge >= 0.3 is 0 Å². The highest BCUT2D eigenvalue weighted by Crippen LogP contribution is 2.33. The molecule has 1 saturated heterocycles. The van der Waals surface area contributed by atoms with Gasteiger partial charge in [0, 0.05) is 6.54 Å². The van der Waals surface area contributed by atoms with Gasteiger partial charge < -0.3 is 4.90 Å². The van der Waals surface area contributed by atoms with Crippen LogP contribution in [0.5, 0.6) is 0 Å². The summed E-state index contributed by atoms with van der Waals surface area (Å²) < 4.78 is 0. The summed E-state index contributed by atoms with van der Waals surface area (Å²) in [4.78, 5) is 14.3. The highest BCUT2D eigenvalue weighted by molar-refractivity contribution is 5.85. The quantitative estimate of drug-likeness (QED) is 0.860. The minimum Gasteiger partial charge on any atom is -0.325 e.